The standard InChI is InChI=1S/C5H4ClNOS2/c6-4-1-2-7(10-9)5(8)3-4/h1-3,9H. The van der Waals surface area contributed by atoms with Gasteiger partial charge in [0.2, 0.25) is 0 Å². The molecule has 0 fully saturated rings. The van der Waals surface area contributed by atoms with Crippen LogP contribution < -0.4 is 5.56 Å². The van der Waals surface area contributed by atoms with Crippen molar-refractivity contribution in [1.82, 2.24) is 3.97 Å². The summed E-state index contributed by atoms with van der Waals surface area (Å²) in [4.78, 5) is 10.9. The molecule has 1 rings (SSSR count). The molecule has 0 amide bonds. The second-order valence-electron chi connectivity index (χ2n) is 1.59. The Morgan fingerprint density at radius 2 is 2.40 bits per heavy atom. The molecule has 1 aromatic rings. The average Bonchev–Trinajstić information content (AvgIpc) is 1.88. The number of aromatic nitrogens is 1. The van der Waals surface area contributed by atoms with Crippen molar-refractivity contribution in [3.8, 4) is 0 Å². The van der Waals surface area contributed by atoms with E-state index in [1.54, 1.807) is 12.3 Å². The Labute approximate surface area is 72.1 Å². The summed E-state index contributed by atoms with van der Waals surface area (Å²) >= 11 is 9.38. The fourth-order valence-electron chi connectivity index (χ4n) is 0.510. The van der Waals surface area contributed by atoms with Crippen molar-refractivity contribution in [2.24, 2.45) is 0 Å². The van der Waals surface area contributed by atoms with Gasteiger partial charge in [-0.25, -0.2) is 3.97 Å². The van der Waals surface area contributed by atoms with Crippen LogP contribution in [-0.2, 0) is 0 Å². The van der Waals surface area contributed by atoms with Crippen molar-refractivity contribution in [1.29, 1.82) is 0 Å². The molecule has 1 aromatic heterocycles. The molecule has 0 unspecified atom stereocenters. The number of hydrogen-bond acceptors (Lipinski definition) is 3. The molecule has 10 heavy (non-hydrogen) atoms. The largest absolute Gasteiger partial charge is 0.268 e. The zero-order valence-electron chi connectivity index (χ0n) is 4.82. The van der Waals surface area contributed by atoms with E-state index >= 15 is 0 Å². The Balaban J connectivity index is 3.20. The SMILES string of the molecule is O=c1cc(Cl)ccn1SS. The van der Waals surface area contributed by atoms with Crippen molar-refractivity contribution in [2.45, 2.75) is 0 Å². The van der Waals surface area contributed by atoms with E-state index in [1.165, 1.54) is 10.0 Å². The Hall–Kier alpha value is -0.0600. The Morgan fingerprint density at radius 3 is 2.90 bits per heavy atom. The summed E-state index contributed by atoms with van der Waals surface area (Å²) in [5.41, 5.74) is -0.160. The summed E-state index contributed by atoms with van der Waals surface area (Å²) < 4.78 is 1.37. The fourth-order valence-corrected chi connectivity index (χ4v) is 1.31. The van der Waals surface area contributed by atoms with Gasteiger partial charge in [0.1, 0.15) is 0 Å². The highest BCUT2D eigenvalue weighted by molar-refractivity contribution is 8.67. The Bertz CT molecular complexity index is 285. The van der Waals surface area contributed by atoms with Crippen LogP contribution in [-0.4, -0.2) is 3.97 Å². The van der Waals surface area contributed by atoms with E-state index < -0.39 is 0 Å². The van der Waals surface area contributed by atoms with Gasteiger partial charge in [-0.05, 0) is 6.07 Å². The van der Waals surface area contributed by atoms with Crippen LogP contribution in [0.25, 0.3) is 0 Å². The first kappa shape index (κ1) is 8.04. The average molecular weight is 194 g/mol. The molecule has 0 spiro atoms. The second kappa shape index (κ2) is 3.37. The van der Waals surface area contributed by atoms with Gasteiger partial charge in [-0.3, -0.25) is 4.79 Å². The number of pyridine rings is 1. The molecule has 2 nitrogen and oxygen atoms in total. The van der Waals surface area contributed by atoms with Crippen LogP contribution in [0.1, 0.15) is 0 Å². The van der Waals surface area contributed by atoms with E-state index in [9.17, 15) is 4.79 Å². The predicted molar refractivity (Wildman–Crippen MR) is 47.7 cm³/mol. The zero-order valence-corrected chi connectivity index (χ0v) is 7.29. The normalized spacial score (nSPS) is 9.80. The minimum Gasteiger partial charge on any atom is -0.268 e. The van der Waals surface area contributed by atoms with Gasteiger partial charge in [0.25, 0.3) is 5.56 Å². The van der Waals surface area contributed by atoms with Gasteiger partial charge in [-0.1, -0.05) is 23.3 Å². The lowest BCUT2D eigenvalue weighted by molar-refractivity contribution is 1.16. The third kappa shape index (κ3) is 1.71. The molecule has 0 atom stereocenters. The summed E-state index contributed by atoms with van der Waals surface area (Å²) in [5.74, 6) is 0. The van der Waals surface area contributed by atoms with E-state index in [0.29, 0.717) is 5.02 Å². The Kier molecular flexibility index (Phi) is 2.71. The summed E-state index contributed by atoms with van der Waals surface area (Å²) in [7, 11) is 1.04. The molecular weight excluding hydrogens is 190 g/mol. The quantitative estimate of drug-likeness (QED) is 0.543. The topological polar surface area (TPSA) is 22.0 Å². The molecule has 5 heteroatoms. The molecule has 0 bridgehead atoms. The number of thiol groups is 1. The molecule has 1 heterocycles. The lowest BCUT2D eigenvalue weighted by Crippen LogP contribution is -2.10. The van der Waals surface area contributed by atoms with Crippen molar-refractivity contribution in [3.05, 3.63) is 33.7 Å². The first-order valence-corrected chi connectivity index (χ1v) is 4.64. The molecule has 0 saturated heterocycles. The van der Waals surface area contributed by atoms with Crippen LogP contribution in [0.15, 0.2) is 23.1 Å². The molecule has 0 saturated carbocycles. The van der Waals surface area contributed by atoms with Crippen molar-refractivity contribution >= 4 is 34.2 Å². The maximum Gasteiger partial charge on any atom is 0.262 e. The number of hydrogen-bond donors (Lipinski definition) is 1. The van der Waals surface area contributed by atoms with Crippen LogP contribution in [0.3, 0.4) is 0 Å². The summed E-state index contributed by atoms with van der Waals surface area (Å²) in [6, 6.07) is 2.97. The van der Waals surface area contributed by atoms with Crippen molar-refractivity contribution in [3.63, 3.8) is 0 Å². The molecule has 0 aliphatic carbocycles. The van der Waals surface area contributed by atoms with E-state index in [2.05, 4.69) is 11.7 Å². The highest BCUT2D eigenvalue weighted by Gasteiger charge is 1.93. The number of rotatable bonds is 1. The third-order valence-corrected chi connectivity index (χ3v) is 2.18. The lowest BCUT2D eigenvalue weighted by atomic mass is 10.5. The summed E-state index contributed by atoms with van der Waals surface area (Å²) in [6.07, 6.45) is 1.57. The van der Waals surface area contributed by atoms with Crippen LogP contribution >= 0.6 is 34.2 Å². The lowest BCUT2D eigenvalue weighted by Gasteiger charge is -1.95. The van der Waals surface area contributed by atoms with Crippen LogP contribution in [0.2, 0.25) is 5.02 Å². The minimum absolute atomic E-state index is 0.160. The zero-order chi connectivity index (χ0) is 7.56. The van der Waals surface area contributed by atoms with Crippen LogP contribution in [0, 0.1) is 0 Å². The van der Waals surface area contributed by atoms with Gasteiger partial charge >= 0.3 is 0 Å². The van der Waals surface area contributed by atoms with Gasteiger partial charge in [-0.2, -0.15) is 0 Å². The number of halogens is 1. The van der Waals surface area contributed by atoms with Gasteiger partial charge in [0, 0.05) is 28.3 Å². The molecule has 0 aromatic carbocycles. The molecule has 54 valence electrons. The Morgan fingerprint density at radius 1 is 1.70 bits per heavy atom. The highest BCUT2D eigenvalue weighted by Crippen LogP contribution is 2.08. The second-order valence-corrected chi connectivity index (χ2v) is 3.07. The van der Waals surface area contributed by atoms with E-state index in [0.717, 1.165) is 11.0 Å². The molecule has 0 N–H and O–H groups in total. The van der Waals surface area contributed by atoms with E-state index in [1.807, 2.05) is 0 Å². The highest BCUT2D eigenvalue weighted by atomic mass is 35.5. The first-order valence-electron chi connectivity index (χ1n) is 2.44. The van der Waals surface area contributed by atoms with E-state index in [-0.39, 0.29) is 5.56 Å². The third-order valence-electron chi connectivity index (χ3n) is 0.936. The number of nitrogens with zero attached hydrogens (tertiary/aromatic N) is 1. The van der Waals surface area contributed by atoms with Gasteiger partial charge in [0.05, 0.1) is 0 Å². The maximum atomic E-state index is 10.9. The van der Waals surface area contributed by atoms with Crippen molar-refractivity contribution in [2.75, 3.05) is 0 Å². The smallest absolute Gasteiger partial charge is 0.262 e. The molecule has 0 aliphatic rings. The summed E-state index contributed by atoms with van der Waals surface area (Å²) in [5, 5.41) is 0.448. The predicted octanol–water partition coefficient (Wildman–Crippen LogP) is 1.84. The molecular formula is C5H4ClNOS2. The monoisotopic (exact) mass is 193 g/mol. The first-order chi connectivity index (χ1) is 4.74. The van der Waals surface area contributed by atoms with Gasteiger partial charge < -0.3 is 0 Å². The molecule has 0 radical (unpaired) electrons. The van der Waals surface area contributed by atoms with Gasteiger partial charge in [-0.15, -0.1) is 0 Å². The maximum absolute atomic E-state index is 10.9. The van der Waals surface area contributed by atoms with Gasteiger partial charge in [0.15, 0.2) is 0 Å². The van der Waals surface area contributed by atoms with E-state index in [4.69, 9.17) is 11.6 Å². The summed E-state index contributed by atoms with van der Waals surface area (Å²) in [6.45, 7) is 0. The van der Waals surface area contributed by atoms with Crippen LogP contribution in [0.4, 0.5) is 0 Å². The fraction of sp³-hybridized carbons (Fsp3) is 0. The van der Waals surface area contributed by atoms with Crippen molar-refractivity contribution < 1.29 is 0 Å². The minimum atomic E-state index is -0.160. The van der Waals surface area contributed by atoms with Crippen LogP contribution in [0.5, 0.6) is 0 Å². The molecule has 0 aliphatic heterocycles.